The molecular formula is C27H22N6O. The van der Waals surface area contributed by atoms with E-state index in [-0.39, 0.29) is 6.61 Å². The van der Waals surface area contributed by atoms with Crippen molar-refractivity contribution in [1.29, 1.82) is 0 Å². The maximum Gasteiger partial charge on any atom is 0.214 e. The summed E-state index contributed by atoms with van der Waals surface area (Å²) in [4.78, 5) is 4.84. The molecule has 0 saturated carbocycles. The van der Waals surface area contributed by atoms with Crippen LogP contribution in [0.15, 0.2) is 91.0 Å². The number of hydrogen-bond donors (Lipinski definition) is 4. The van der Waals surface area contributed by atoms with Crippen molar-refractivity contribution in [3.8, 4) is 16.8 Å². The van der Waals surface area contributed by atoms with Gasteiger partial charge in [-0.15, -0.1) is 0 Å². The molecule has 7 nitrogen and oxygen atoms in total. The van der Waals surface area contributed by atoms with Crippen LogP contribution in [-0.4, -0.2) is 24.9 Å². The first-order valence-electron chi connectivity index (χ1n) is 11.0. The van der Waals surface area contributed by atoms with E-state index in [4.69, 9.17) is 10.7 Å². The molecule has 2 aromatic heterocycles. The van der Waals surface area contributed by atoms with Crippen LogP contribution < -0.4 is 11.1 Å². The van der Waals surface area contributed by atoms with E-state index < -0.39 is 0 Å². The van der Waals surface area contributed by atoms with Crippen LogP contribution in [0.5, 0.6) is 0 Å². The van der Waals surface area contributed by atoms with E-state index in [1.165, 1.54) is 0 Å². The zero-order valence-corrected chi connectivity index (χ0v) is 18.2. The van der Waals surface area contributed by atoms with Gasteiger partial charge in [0.15, 0.2) is 5.82 Å². The fraction of sp³-hybridized carbons (Fsp3) is 0.0370. The van der Waals surface area contributed by atoms with Gasteiger partial charge in [-0.3, -0.25) is 9.67 Å². The number of aromatic amines is 1. The van der Waals surface area contributed by atoms with Crippen LogP contribution in [0.1, 0.15) is 5.56 Å². The Morgan fingerprint density at radius 2 is 1.74 bits per heavy atom. The number of H-pyrrole nitrogens is 1. The van der Waals surface area contributed by atoms with E-state index in [9.17, 15) is 5.11 Å². The molecule has 34 heavy (non-hydrogen) atoms. The lowest BCUT2D eigenvalue weighted by atomic mass is 10.0. The zero-order valence-electron chi connectivity index (χ0n) is 18.2. The van der Waals surface area contributed by atoms with Crippen LogP contribution in [-0.2, 0) is 6.61 Å². The number of nitrogens with one attached hydrogen (secondary N) is 2. The van der Waals surface area contributed by atoms with Crippen molar-refractivity contribution in [3.05, 3.63) is 96.6 Å². The highest BCUT2D eigenvalue weighted by Crippen LogP contribution is 2.32. The van der Waals surface area contributed by atoms with Crippen molar-refractivity contribution in [2.45, 2.75) is 6.61 Å². The Kier molecular flexibility index (Phi) is 4.75. The lowest BCUT2D eigenvalue weighted by Crippen LogP contribution is -2.02. The van der Waals surface area contributed by atoms with Gasteiger partial charge in [-0.05, 0) is 65.2 Å². The predicted molar refractivity (Wildman–Crippen MR) is 136 cm³/mol. The number of nitrogens with zero attached hydrogens (tertiary/aromatic N) is 3. The molecule has 0 radical (unpaired) electrons. The van der Waals surface area contributed by atoms with E-state index in [1.54, 1.807) is 0 Å². The predicted octanol–water partition coefficient (Wildman–Crippen LogP) is 5.39. The number of nitrogens with two attached hydrogens (primary N) is 1. The number of nitrogen functional groups attached to an aromatic ring is 1. The number of para-hydroxylation sites is 1. The van der Waals surface area contributed by atoms with Gasteiger partial charge >= 0.3 is 0 Å². The Bertz CT molecular complexity index is 1630. The summed E-state index contributed by atoms with van der Waals surface area (Å²) in [6.45, 7) is -0.0340. The number of benzene rings is 4. The maximum absolute atomic E-state index is 9.58. The third-order valence-corrected chi connectivity index (χ3v) is 5.93. The zero-order chi connectivity index (χ0) is 23.1. The monoisotopic (exact) mass is 446 g/mol. The first-order chi connectivity index (χ1) is 16.7. The van der Waals surface area contributed by atoms with E-state index >= 15 is 0 Å². The summed E-state index contributed by atoms with van der Waals surface area (Å²) in [6.07, 6.45) is 0. The Morgan fingerprint density at radius 1 is 0.882 bits per heavy atom. The van der Waals surface area contributed by atoms with Gasteiger partial charge in [0.2, 0.25) is 5.95 Å². The summed E-state index contributed by atoms with van der Waals surface area (Å²) in [7, 11) is 0. The minimum Gasteiger partial charge on any atom is -0.399 e. The summed E-state index contributed by atoms with van der Waals surface area (Å²) in [5.41, 5.74) is 13.2. The quantitative estimate of drug-likeness (QED) is 0.266. The molecule has 0 aliphatic rings. The molecule has 7 heteroatoms. The minimum absolute atomic E-state index is 0.0340. The van der Waals surface area contributed by atoms with Gasteiger partial charge in [-0.25, -0.2) is 4.98 Å². The average molecular weight is 447 g/mol. The summed E-state index contributed by atoms with van der Waals surface area (Å²) in [6, 6.07) is 29.8. The van der Waals surface area contributed by atoms with Crippen LogP contribution >= 0.6 is 0 Å². The van der Waals surface area contributed by atoms with Crippen LogP contribution in [0.2, 0.25) is 0 Å². The highest BCUT2D eigenvalue weighted by atomic mass is 16.3. The lowest BCUT2D eigenvalue weighted by Gasteiger charge is -2.10. The molecule has 0 aliphatic heterocycles. The largest absolute Gasteiger partial charge is 0.399 e. The Balaban J connectivity index is 1.48. The highest BCUT2D eigenvalue weighted by molar-refractivity contribution is 5.95. The molecule has 6 rings (SSSR count). The molecule has 0 saturated heterocycles. The summed E-state index contributed by atoms with van der Waals surface area (Å²) >= 11 is 0. The normalized spacial score (nSPS) is 11.3. The highest BCUT2D eigenvalue weighted by Gasteiger charge is 2.16. The number of fused-ring (bicyclic) bond motifs is 2. The van der Waals surface area contributed by atoms with E-state index in [2.05, 4.69) is 32.2 Å². The van der Waals surface area contributed by atoms with Crippen LogP contribution in [0, 0.1) is 0 Å². The standard InChI is InChI=1S/C27H22N6O/c28-20-6-4-5-18(14-20)19-10-11-23-22(15-19)26(32-31-23)30-27-29-24-13-17(16-34)9-12-25(24)33(27)21-7-2-1-3-8-21/h1-15,34H,16,28H2,(H2,29,30,31,32). The number of aliphatic hydroxyl groups excluding tert-OH is 1. The lowest BCUT2D eigenvalue weighted by molar-refractivity contribution is 0.282. The Hall–Kier alpha value is -4.62. The number of aliphatic hydroxyl groups is 1. The molecule has 4 aromatic carbocycles. The molecule has 0 fully saturated rings. The van der Waals surface area contributed by atoms with Gasteiger partial charge < -0.3 is 16.2 Å². The van der Waals surface area contributed by atoms with Crippen LogP contribution in [0.4, 0.5) is 17.5 Å². The Morgan fingerprint density at radius 3 is 2.56 bits per heavy atom. The first kappa shape index (κ1) is 20.0. The topological polar surface area (TPSA) is 105 Å². The second-order valence-electron chi connectivity index (χ2n) is 8.17. The summed E-state index contributed by atoms with van der Waals surface area (Å²) < 4.78 is 2.05. The van der Waals surface area contributed by atoms with E-state index in [0.717, 1.165) is 50.0 Å². The molecule has 2 heterocycles. The van der Waals surface area contributed by atoms with Gasteiger partial charge in [-0.1, -0.05) is 42.5 Å². The SMILES string of the molecule is Nc1cccc(-c2ccc3[nH]nc(Nc4nc5cc(CO)ccc5n4-c4ccccc4)c3c2)c1. The van der Waals surface area contributed by atoms with Gasteiger partial charge in [0.05, 0.1) is 23.2 Å². The van der Waals surface area contributed by atoms with E-state index in [1.807, 2.05) is 78.9 Å². The molecule has 0 aliphatic carbocycles. The van der Waals surface area contributed by atoms with Crippen molar-refractivity contribution in [3.63, 3.8) is 0 Å². The molecular weight excluding hydrogens is 424 g/mol. The minimum atomic E-state index is -0.0340. The second-order valence-corrected chi connectivity index (χ2v) is 8.17. The number of hydrogen-bond acceptors (Lipinski definition) is 5. The van der Waals surface area contributed by atoms with E-state index in [0.29, 0.717) is 11.8 Å². The fourth-order valence-corrected chi connectivity index (χ4v) is 4.26. The molecule has 0 bridgehead atoms. The molecule has 6 aromatic rings. The third kappa shape index (κ3) is 3.44. The smallest absolute Gasteiger partial charge is 0.214 e. The van der Waals surface area contributed by atoms with Crippen molar-refractivity contribution in [2.24, 2.45) is 0 Å². The van der Waals surface area contributed by atoms with Gasteiger partial charge in [0.1, 0.15) is 0 Å². The molecule has 0 spiro atoms. The number of imidazole rings is 1. The summed E-state index contributed by atoms with van der Waals surface area (Å²) in [5.74, 6) is 1.31. The van der Waals surface area contributed by atoms with Gasteiger partial charge in [0.25, 0.3) is 0 Å². The second kappa shape index (κ2) is 8.06. The molecule has 0 atom stereocenters. The van der Waals surface area contributed by atoms with Gasteiger partial charge in [0, 0.05) is 16.8 Å². The first-order valence-corrected chi connectivity index (χ1v) is 11.0. The fourth-order valence-electron chi connectivity index (χ4n) is 4.26. The number of anilines is 3. The Labute approximate surface area is 195 Å². The van der Waals surface area contributed by atoms with Crippen molar-refractivity contribution >= 4 is 39.4 Å². The van der Waals surface area contributed by atoms with Crippen LogP contribution in [0.3, 0.4) is 0 Å². The third-order valence-electron chi connectivity index (χ3n) is 5.93. The average Bonchev–Trinajstić information content (AvgIpc) is 3.44. The van der Waals surface area contributed by atoms with Crippen molar-refractivity contribution < 1.29 is 5.11 Å². The summed E-state index contributed by atoms with van der Waals surface area (Å²) in [5, 5.41) is 21.6. The number of aromatic nitrogens is 4. The van der Waals surface area contributed by atoms with Gasteiger partial charge in [-0.2, -0.15) is 5.10 Å². The maximum atomic E-state index is 9.58. The number of rotatable bonds is 5. The van der Waals surface area contributed by atoms with Crippen molar-refractivity contribution in [1.82, 2.24) is 19.7 Å². The molecule has 0 unspecified atom stereocenters. The van der Waals surface area contributed by atoms with Crippen molar-refractivity contribution in [2.75, 3.05) is 11.1 Å². The molecule has 0 amide bonds. The molecule has 166 valence electrons. The molecule has 5 N–H and O–H groups in total. The van der Waals surface area contributed by atoms with Crippen LogP contribution in [0.25, 0.3) is 38.8 Å².